The third kappa shape index (κ3) is 3.28. The Morgan fingerprint density at radius 3 is 2.88 bits per heavy atom. The summed E-state index contributed by atoms with van der Waals surface area (Å²) in [5, 5.41) is 0. The maximum atomic E-state index is 5.72. The van der Waals surface area contributed by atoms with E-state index < -0.39 is 0 Å². The number of thioether (sulfide) groups is 1. The van der Waals surface area contributed by atoms with Gasteiger partial charge in [-0.3, -0.25) is 4.98 Å². The molecule has 0 aliphatic heterocycles. The van der Waals surface area contributed by atoms with Gasteiger partial charge < -0.3 is 5.73 Å². The van der Waals surface area contributed by atoms with Crippen LogP contribution < -0.4 is 5.73 Å². The molecule has 2 nitrogen and oxygen atoms in total. The number of aryl methyl sites for hydroxylation is 1. The van der Waals surface area contributed by atoms with Gasteiger partial charge in [0.1, 0.15) is 0 Å². The van der Waals surface area contributed by atoms with Crippen LogP contribution in [0.15, 0.2) is 53.7 Å². The number of anilines is 1. The molecular weight excluding hydrogens is 216 g/mol. The Kier molecular flexibility index (Phi) is 3.83. The molecule has 1 aromatic carbocycles. The third-order valence-electron chi connectivity index (χ3n) is 2.24. The summed E-state index contributed by atoms with van der Waals surface area (Å²) in [5.74, 6) is 1.05. The van der Waals surface area contributed by atoms with E-state index in [1.54, 1.807) is 6.20 Å². The largest absolute Gasteiger partial charge is 0.399 e. The highest BCUT2D eigenvalue weighted by molar-refractivity contribution is 7.99. The van der Waals surface area contributed by atoms with Gasteiger partial charge in [0.15, 0.2) is 0 Å². The Balaban J connectivity index is 1.85. The van der Waals surface area contributed by atoms with Gasteiger partial charge in [-0.1, -0.05) is 12.1 Å². The van der Waals surface area contributed by atoms with E-state index >= 15 is 0 Å². The van der Waals surface area contributed by atoms with Crippen molar-refractivity contribution < 1.29 is 0 Å². The van der Waals surface area contributed by atoms with E-state index in [4.69, 9.17) is 5.73 Å². The zero-order chi connectivity index (χ0) is 11.2. The average molecular weight is 230 g/mol. The van der Waals surface area contributed by atoms with Crippen molar-refractivity contribution in [2.45, 2.75) is 11.3 Å². The molecule has 0 unspecified atom stereocenters. The smallest absolute Gasteiger partial charge is 0.0325 e. The van der Waals surface area contributed by atoms with Gasteiger partial charge in [0.25, 0.3) is 0 Å². The van der Waals surface area contributed by atoms with Gasteiger partial charge in [0, 0.05) is 28.7 Å². The zero-order valence-electron chi connectivity index (χ0n) is 8.97. The maximum Gasteiger partial charge on any atom is 0.0325 e. The van der Waals surface area contributed by atoms with Gasteiger partial charge in [0.05, 0.1) is 0 Å². The molecule has 0 radical (unpaired) electrons. The van der Waals surface area contributed by atoms with Crippen molar-refractivity contribution in [1.82, 2.24) is 4.98 Å². The summed E-state index contributed by atoms with van der Waals surface area (Å²) in [5.41, 5.74) is 7.82. The number of hydrogen-bond acceptors (Lipinski definition) is 3. The summed E-state index contributed by atoms with van der Waals surface area (Å²) >= 11 is 1.82. The van der Waals surface area contributed by atoms with Crippen molar-refractivity contribution in [3.05, 3.63) is 54.4 Å². The molecule has 0 bridgehead atoms. The van der Waals surface area contributed by atoms with Gasteiger partial charge >= 0.3 is 0 Å². The first-order chi connectivity index (χ1) is 7.84. The molecular formula is C13H14N2S. The lowest BCUT2D eigenvalue weighted by Crippen LogP contribution is -1.89. The highest BCUT2D eigenvalue weighted by Crippen LogP contribution is 2.20. The molecule has 3 heteroatoms. The van der Waals surface area contributed by atoms with Crippen LogP contribution in [-0.2, 0) is 6.42 Å². The minimum Gasteiger partial charge on any atom is -0.399 e. The van der Waals surface area contributed by atoms with Gasteiger partial charge in [-0.05, 0) is 36.2 Å². The molecule has 2 rings (SSSR count). The van der Waals surface area contributed by atoms with Crippen LogP contribution in [0, 0.1) is 0 Å². The van der Waals surface area contributed by atoms with E-state index in [0.717, 1.165) is 17.9 Å². The molecule has 1 heterocycles. The second-order valence-electron chi connectivity index (χ2n) is 3.53. The van der Waals surface area contributed by atoms with Crippen LogP contribution in [-0.4, -0.2) is 10.7 Å². The quantitative estimate of drug-likeness (QED) is 0.648. The lowest BCUT2D eigenvalue weighted by atomic mass is 10.2. The molecule has 0 atom stereocenters. The van der Waals surface area contributed by atoms with Crippen LogP contribution in [0.3, 0.4) is 0 Å². The summed E-state index contributed by atoms with van der Waals surface area (Å²) in [6, 6.07) is 12.1. The minimum atomic E-state index is 0.825. The van der Waals surface area contributed by atoms with E-state index in [1.165, 1.54) is 10.5 Å². The van der Waals surface area contributed by atoms with Crippen LogP contribution in [0.5, 0.6) is 0 Å². The van der Waals surface area contributed by atoms with Crippen molar-refractivity contribution in [3.8, 4) is 0 Å². The molecule has 0 aliphatic carbocycles. The summed E-state index contributed by atoms with van der Waals surface area (Å²) in [4.78, 5) is 5.32. The summed E-state index contributed by atoms with van der Waals surface area (Å²) in [7, 11) is 0. The lowest BCUT2D eigenvalue weighted by Gasteiger charge is -2.02. The summed E-state index contributed by atoms with van der Waals surface area (Å²) in [6.07, 6.45) is 4.75. The fourth-order valence-corrected chi connectivity index (χ4v) is 2.40. The van der Waals surface area contributed by atoms with Crippen LogP contribution in [0.2, 0.25) is 0 Å². The van der Waals surface area contributed by atoms with E-state index in [-0.39, 0.29) is 0 Å². The zero-order valence-corrected chi connectivity index (χ0v) is 9.78. The summed E-state index contributed by atoms with van der Waals surface area (Å²) < 4.78 is 0. The number of nitrogens with zero attached hydrogens (tertiary/aromatic N) is 1. The van der Waals surface area contributed by atoms with Crippen LogP contribution in [0.4, 0.5) is 5.69 Å². The van der Waals surface area contributed by atoms with Crippen LogP contribution in [0.25, 0.3) is 0 Å². The number of aromatic nitrogens is 1. The second kappa shape index (κ2) is 5.56. The van der Waals surface area contributed by atoms with E-state index in [9.17, 15) is 0 Å². The number of benzene rings is 1. The average Bonchev–Trinajstić information content (AvgIpc) is 2.30. The lowest BCUT2D eigenvalue weighted by molar-refractivity contribution is 1.11. The highest BCUT2D eigenvalue weighted by atomic mass is 32.2. The van der Waals surface area contributed by atoms with Gasteiger partial charge in [-0.15, -0.1) is 11.8 Å². The van der Waals surface area contributed by atoms with Crippen LogP contribution in [0.1, 0.15) is 5.56 Å². The Morgan fingerprint density at radius 2 is 2.12 bits per heavy atom. The Bertz CT molecular complexity index is 443. The predicted molar refractivity (Wildman–Crippen MR) is 69.5 cm³/mol. The van der Waals surface area contributed by atoms with E-state index in [0.29, 0.717) is 0 Å². The molecule has 0 saturated carbocycles. The Morgan fingerprint density at radius 1 is 1.19 bits per heavy atom. The molecule has 82 valence electrons. The molecule has 0 amide bonds. The first kappa shape index (κ1) is 11.0. The standard InChI is InChI=1S/C13H14N2S/c14-12-4-1-5-13(9-12)16-8-6-11-3-2-7-15-10-11/h1-5,7,9-10H,6,8,14H2. The fraction of sp³-hybridized carbons (Fsp3) is 0.154. The molecule has 16 heavy (non-hydrogen) atoms. The predicted octanol–water partition coefficient (Wildman–Crippen LogP) is 3.00. The third-order valence-corrected chi connectivity index (χ3v) is 3.24. The van der Waals surface area contributed by atoms with Gasteiger partial charge in [0.2, 0.25) is 0 Å². The number of nitrogens with two attached hydrogens (primary N) is 1. The molecule has 0 fully saturated rings. The van der Waals surface area contributed by atoms with E-state index in [2.05, 4.69) is 17.1 Å². The molecule has 2 aromatic rings. The number of pyridine rings is 1. The number of rotatable bonds is 4. The number of hydrogen-bond donors (Lipinski definition) is 1. The van der Waals surface area contributed by atoms with Crippen molar-refractivity contribution in [2.24, 2.45) is 0 Å². The SMILES string of the molecule is Nc1cccc(SCCc2cccnc2)c1. The first-order valence-corrected chi connectivity index (χ1v) is 6.20. The molecule has 2 N–H and O–H groups in total. The molecule has 0 aliphatic rings. The van der Waals surface area contributed by atoms with Crippen molar-refractivity contribution >= 4 is 17.4 Å². The van der Waals surface area contributed by atoms with Gasteiger partial charge in [-0.25, -0.2) is 0 Å². The van der Waals surface area contributed by atoms with Crippen molar-refractivity contribution in [2.75, 3.05) is 11.5 Å². The van der Waals surface area contributed by atoms with E-state index in [1.807, 2.05) is 42.2 Å². The highest BCUT2D eigenvalue weighted by Gasteiger charge is 1.96. The molecule has 0 spiro atoms. The monoisotopic (exact) mass is 230 g/mol. The van der Waals surface area contributed by atoms with Crippen molar-refractivity contribution in [1.29, 1.82) is 0 Å². The molecule has 1 aromatic heterocycles. The van der Waals surface area contributed by atoms with Gasteiger partial charge in [-0.2, -0.15) is 0 Å². The maximum absolute atomic E-state index is 5.72. The van der Waals surface area contributed by atoms with Crippen LogP contribution >= 0.6 is 11.8 Å². The number of nitrogen functional groups attached to an aromatic ring is 1. The Hall–Kier alpha value is -1.48. The molecule has 0 saturated heterocycles. The topological polar surface area (TPSA) is 38.9 Å². The normalized spacial score (nSPS) is 10.2. The van der Waals surface area contributed by atoms with Crippen molar-refractivity contribution in [3.63, 3.8) is 0 Å². The minimum absolute atomic E-state index is 0.825. The fourth-order valence-electron chi connectivity index (χ4n) is 1.44. The first-order valence-electron chi connectivity index (χ1n) is 5.22. The summed E-state index contributed by atoms with van der Waals surface area (Å²) in [6.45, 7) is 0. The second-order valence-corrected chi connectivity index (χ2v) is 4.70. The Labute approximate surface area is 99.9 Å².